The Morgan fingerprint density at radius 2 is 1.81 bits per heavy atom. The predicted octanol–water partition coefficient (Wildman–Crippen LogP) is 4.06. The summed E-state index contributed by atoms with van der Waals surface area (Å²) in [6, 6.07) is 6.02. The van der Waals surface area contributed by atoms with E-state index in [2.05, 4.69) is 26.2 Å². The number of hydrogen-bond donors (Lipinski definition) is 0. The van der Waals surface area contributed by atoms with E-state index in [1.807, 2.05) is 0 Å². The lowest BCUT2D eigenvalue weighted by Crippen LogP contribution is -2.39. The summed E-state index contributed by atoms with van der Waals surface area (Å²) in [5, 5.41) is 6.92. The van der Waals surface area contributed by atoms with Gasteiger partial charge in [-0.25, -0.2) is 0 Å². The predicted molar refractivity (Wildman–Crippen MR) is 56.2 cm³/mol. The molecule has 1 unspecified atom stereocenters. The van der Waals surface area contributed by atoms with E-state index in [-0.39, 0.29) is 18.5 Å². The highest BCUT2D eigenvalue weighted by Crippen LogP contribution is 2.47. The summed E-state index contributed by atoms with van der Waals surface area (Å²) in [4.78, 5) is 0. The fraction of sp³-hybridized carbons (Fsp3) is 0.400. The average Bonchev–Trinajstić information content (AvgIpc) is 2.68. The van der Waals surface area contributed by atoms with Gasteiger partial charge < -0.3 is 0 Å². The molecule has 0 spiro atoms. The SMILES string of the molecule is FC(F)(F)C1(c2ccc(Br)cc2)CCN=N1. The minimum Gasteiger partial charge on any atom is -0.193 e. The van der Waals surface area contributed by atoms with Gasteiger partial charge >= 0.3 is 6.18 Å². The van der Waals surface area contributed by atoms with Crippen LogP contribution >= 0.6 is 15.9 Å². The summed E-state index contributed by atoms with van der Waals surface area (Å²) in [7, 11) is 0. The van der Waals surface area contributed by atoms with E-state index < -0.39 is 11.7 Å². The lowest BCUT2D eigenvalue weighted by Gasteiger charge is -2.27. The molecule has 1 aromatic rings. The Morgan fingerprint density at radius 1 is 1.19 bits per heavy atom. The Kier molecular flexibility index (Phi) is 2.77. The summed E-state index contributed by atoms with van der Waals surface area (Å²) in [5.41, 5.74) is -2.00. The van der Waals surface area contributed by atoms with Crippen molar-refractivity contribution in [1.82, 2.24) is 0 Å². The first-order valence-corrected chi connectivity index (χ1v) is 5.46. The van der Waals surface area contributed by atoms with Crippen LogP contribution in [-0.4, -0.2) is 12.7 Å². The topological polar surface area (TPSA) is 24.7 Å². The highest BCUT2D eigenvalue weighted by molar-refractivity contribution is 9.10. The van der Waals surface area contributed by atoms with Crippen LogP contribution in [0.3, 0.4) is 0 Å². The molecule has 0 saturated heterocycles. The Hall–Kier alpha value is -0.910. The molecule has 2 nitrogen and oxygen atoms in total. The maximum absolute atomic E-state index is 13.0. The number of benzene rings is 1. The summed E-state index contributed by atoms with van der Waals surface area (Å²) in [6.45, 7) is 0.121. The van der Waals surface area contributed by atoms with Crippen molar-refractivity contribution in [3.05, 3.63) is 34.3 Å². The molecule has 1 aliphatic heterocycles. The smallest absolute Gasteiger partial charge is 0.193 e. The van der Waals surface area contributed by atoms with Gasteiger partial charge in [-0.05, 0) is 17.7 Å². The van der Waals surface area contributed by atoms with Gasteiger partial charge in [0.25, 0.3) is 0 Å². The number of rotatable bonds is 1. The van der Waals surface area contributed by atoms with E-state index in [9.17, 15) is 13.2 Å². The highest BCUT2D eigenvalue weighted by Gasteiger charge is 2.58. The zero-order valence-electron chi connectivity index (χ0n) is 8.13. The number of halogens is 4. The van der Waals surface area contributed by atoms with E-state index in [0.717, 1.165) is 4.47 Å². The Bertz CT molecular complexity index is 413. The highest BCUT2D eigenvalue weighted by atomic mass is 79.9. The zero-order chi connectivity index (χ0) is 11.8. The Labute approximate surface area is 98.7 Å². The standard InChI is InChI=1S/C10H8BrF3N2/c11-8-3-1-7(2-4-8)9(10(12,13)14)5-6-15-16-9/h1-4H,5-6H2. The van der Waals surface area contributed by atoms with Crippen LogP contribution in [0.25, 0.3) is 0 Å². The summed E-state index contributed by atoms with van der Waals surface area (Å²) in [6.07, 6.45) is -4.51. The van der Waals surface area contributed by atoms with E-state index in [0.29, 0.717) is 0 Å². The van der Waals surface area contributed by atoms with Crippen LogP contribution in [0, 0.1) is 0 Å². The van der Waals surface area contributed by atoms with Crippen molar-refractivity contribution in [3.63, 3.8) is 0 Å². The van der Waals surface area contributed by atoms with Crippen molar-refractivity contribution in [2.45, 2.75) is 18.1 Å². The molecule has 0 bridgehead atoms. The first-order chi connectivity index (χ1) is 7.46. The molecule has 1 aromatic carbocycles. The second-order valence-corrected chi connectivity index (χ2v) is 4.50. The molecule has 0 saturated carbocycles. The molecule has 0 N–H and O–H groups in total. The number of azo groups is 1. The van der Waals surface area contributed by atoms with Crippen molar-refractivity contribution in [3.8, 4) is 0 Å². The molecule has 0 amide bonds. The molecule has 86 valence electrons. The third-order valence-corrected chi connectivity index (χ3v) is 3.13. The molecular formula is C10H8BrF3N2. The first-order valence-electron chi connectivity index (χ1n) is 4.67. The molecule has 1 heterocycles. The Balaban J connectivity index is 2.49. The molecular weight excluding hydrogens is 285 g/mol. The molecule has 6 heteroatoms. The molecule has 1 aliphatic rings. The normalized spacial score (nSPS) is 25.0. The first kappa shape index (κ1) is 11.6. The van der Waals surface area contributed by atoms with Crippen LogP contribution in [0.5, 0.6) is 0 Å². The fourth-order valence-electron chi connectivity index (χ4n) is 1.72. The van der Waals surface area contributed by atoms with Crippen molar-refractivity contribution in [1.29, 1.82) is 0 Å². The van der Waals surface area contributed by atoms with Gasteiger partial charge in [0.05, 0.1) is 6.54 Å². The van der Waals surface area contributed by atoms with E-state index in [4.69, 9.17) is 0 Å². The third kappa shape index (κ3) is 1.75. The number of nitrogens with zero attached hydrogens (tertiary/aromatic N) is 2. The Morgan fingerprint density at radius 3 is 2.25 bits per heavy atom. The van der Waals surface area contributed by atoms with Crippen molar-refractivity contribution in [2.24, 2.45) is 10.2 Å². The fourth-order valence-corrected chi connectivity index (χ4v) is 1.99. The van der Waals surface area contributed by atoms with E-state index in [1.165, 1.54) is 12.1 Å². The molecule has 0 radical (unpaired) electrons. The zero-order valence-corrected chi connectivity index (χ0v) is 9.72. The van der Waals surface area contributed by atoms with Gasteiger partial charge in [0.2, 0.25) is 5.54 Å². The minimum atomic E-state index is -4.40. The van der Waals surface area contributed by atoms with Crippen LogP contribution in [0.1, 0.15) is 12.0 Å². The largest absolute Gasteiger partial charge is 0.419 e. The van der Waals surface area contributed by atoms with E-state index in [1.54, 1.807) is 12.1 Å². The monoisotopic (exact) mass is 292 g/mol. The second kappa shape index (κ2) is 3.84. The number of alkyl halides is 3. The van der Waals surface area contributed by atoms with Crippen LogP contribution in [0.4, 0.5) is 13.2 Å². The minimum absolute atomic E-state index is 0.113. The molecule has 0 fully saturated rings. The van der Waals surface area contributed by atoms with Crippen LogP contribution in [-0.2, 0) is 5.54 Å². The van der Waals surface area contributed by atoms with Crippen LogP contribution in [0.2, 0.25) is 0 Å². The van der Waals surface area contributed by atoms with Gasteiger partial charge in [-0.15, -0.1) is 0 Å². The molecule has 16 heavy (non-hydrogen) atoms. The quantitative estimate of drug-likeness (QED) is 0.746. The molecule has 0 aliphatic carbocycles. The second-order valence-electron chi connectivity index (χ2n) is 3.58. The van der Waals surface area contributed by atoms with Gasteiger partial charge in [0.15, 0.2) is 0 Å². The van der Waals surface area contributed by atoms with Crippen LogP contribution < -0.4 is 0 Å². The van der Waals surface area contributed by atoms with Gasteiger partial charge in [-0.2, -0.15) is 23.4 Å². The molecule has 0 aromatic heterocycles. The van der Waals surface area contributed by atoms with Crippen molar-refractivity contribution < 1.29 is 13.2 Å². The molecule has 1 atom stereocenters. The lowest BCUT2D eigenvalue weighted by molar-refractivity contribution is -0.187. The maximum Gasteiger partial charge on any atom is 0.419 e. The van der Waals surface area contributed by atoms with Crippen molar-refractivity contribution >= 4 is 15.9 Å². The maximum atomic E-state index is 13.0. The third-order valence-electron chi connectivity index (χ3n) is 2.61. The average molecular weight is 293 g/mol. The van der Waals surface area contributed by atoms with Gasteiger partial charge in [0, 0.05) is 10.9 Å². The summed E-state index contributed by atoms with van der Waals surface area (Å²) in [5.74, 6) is 0. The molecule has 2 rings (SSSR count). The number of hydrogen-bond acceptors (Lipinski definition) is 2. The van der Waals surface area contributed by atoms with Crippen LogP contribution in [0.15, 0.2) is 39.0 Å². The lowest BCUT2D eigenvalue weighted by atomic mass is 9.87. The van der Waals surface area contributed by atoms with Gasteiger partial charge in [0.1, 0.15) is 0 Å². The summed E-state index contributed by atoms with van der Waals surface area (Å²) < 4.78 is 39.8. The van der Waals surface area contributed by atoms with E-state index >= 15 is 0 Å². The summed E-state index contributed by atoms with van der Waals surface area (Å²) >= 11 is 3.19. The van der Waals surface area contributed by atoms with Gasteiger partial charge in [-0.1, -0.05) is 28.1 Å². The van der Waals surface area contributed by atoms with Gasteiger partial charge in [-0.3, -0.25) is 0 Å². The van der Waals surface area contributed by atoms with Crippen molar-refractivity contribution in [2.75, 3.05) is 6.54 Å².